The normalized spacial score (nSPS) is 10.4. The first kappa shape index (κ1) is 11.8. The highest BCUT2D eigenvalue weighted by Crippen LogP contribution is 2.18. The lowest BCUT2D eigenvalue weighted by Gasteiger charge is -1.93. The smallest absolute Gasteiger partial charge is 0.282 e. The molecule has 5 heteroatoms. The predicted octanol–water partition coefficient (Wildman–Crippen LogP) is 1.64. The average molecular weight is 251 g/mol. The number of quaternary nitrogens is 1. The van der Waals surface area contributed by atoms with Crippen LogP contribution in [0.3, 0.4) is 0 Å². The first-order valence-electron chi connectivity index (χ1n) is 5.30. The van der Waals surface area contributed by atoms with Gasteiger partial charge in [0, 0.05) is 10.6 Å². The number of nitrogens with zero attached hydrogens (tertiary/aromatic N) is 2. The Bertz CT molecular complexity index is 493. The van der Waals surface area contributed by atoms with Crippen LogP contribution in [0, 0.1) is 0 Å². The lowest BCUT2D eigenvalue weighted by Crippen LogP contribution is -2.82. The lowest BCUT2D eigenvalue weighted by molar-refractivity contribution is -0.664. The number of rotatable bonds is 5. The van der Waals surface area contributed by atoms with Gasteiger partial charge in [0.15, 0.2) is 6.54 Å². The molecule has 0 unspecified atom stereocenters. The van der Waals surface area contributed by atoms with Crippen LogP contribution in [0.2, 0.25) is 5.02 Å². The van der Waals surface area contributed by atoms with Gasteiger partial charge in [0.25, 0.3) is 5.89 Å². The summed E-state index contributed by atoms with van der Waals surface area (Å²) in [5, 5.41) is 6.65. The maximum absolute atomic E-state index is 5.81. The van der Waals surface area contributed by atoms with Gasteiger partial charge in [0.2, 0.25) is 5.82 Å². The monoisotopic (exact) mass is 250 g/mol. The topological polar surface area (TPSA) is 55.5 Å². The van der Waals surface area contributed by atoms with Crippen molar-refractivity contribution < 1.29 is 9.84 Å². The van der Waals surface area contributed by atoms with Gasteiger partial charge in [-0.25, -0.2) is 0 Å². The molecule has 1 aromatic heterocycles. The van der Waals surface area contributed by atoms with Gasteiger partial charge in [0.1, 0.15) is 0 Å². The van der Waals surface area contributed by atoms with E-state index in [1.807, 2.05) is 23.5 Å². The molecule has 0 fully saturated rings. The maximum atomic E-state index is 5.81. The molecule has 1 aromatic carbocycles. The quantitative estimate of drug-likeness (QED) is 0.648. The van der Waals surface area contributed by atoms with Crippen molar-refractivity contribution in [2.24, 2.45) is 0 Å². The van der Waals surface area contributed by atoms with Crippen LogP contribution >= 0.6 is 11.6 Å². The third kappa shape index (κ3) is 3.15. The van der Waals surface area contributed by atoms with E-state index in [1.54, 1.807) is 12.1 Å². The van der Waals surface area contributed by atoms with Gasteiger partial charge in [0.05, 0.1) is 6.54 Å². The third-order valence-electron chi connectivity index (χ3n) is 2.22. The summed E-state index contributed by atoms with van der Waals surface area (Å²) in [7, 11) is 0. The standard InChI is InChI=1S/C12H12ClN3O/c1-2-7-14-8-11-15-12(16-17-11)9-3-5-10(13)6-4-9/h2-6,14H,1,7-8H2/p+1. The minimum atomic E-state index is 0.587. The second kappa shape index (κ2) is 5.61. The highest BCUT2D eigenvalue weighted by molar-refractivity contribution is 6.30. The Balaban J connectivity index is 2.07. The molecule has 0 aliphatic heterocycles. The number of benzene rings is 1. The molecule has 2 aromatic rings. The van der Waals surface area contributed by atoms with Crippen LogP contribution in [0.25, 0.3) is 11.4 Å². The summed E-state index contributed by atoms with van der Waals surface area (Å²) in [5.41, 5.74) is 0.896. The van der Waals surface area contributed by atoms with Crippen molar-refractivity contribution in [3.05, 3.63) is 47.8 Å². The fourth-order valence-corrected chi connectivity index (χ4v) is 1.50. The summed E-state index contributed by atoms with van der Waals surface area (Å²) in [6.45, 7) is 5.13. The van der Waals surface area contributed by atoms with E-state index in [1.165, 1.54) is 0 Å². The van der Waals surface area contributed by atoms with Crippen molar-refractivity contribution in [2.45, 2.75) is 6.54 Å². The molecule has 0 saturated carbocycles. The summed E-state index contributed by atoms with van der Waals surface area (Å²) in [6.07, 6.45) is 1.83. The molecular weight excluding hydrogens is 238 g/mol. The molecule has 0 saturated heterocycles. The lowest BCUT2D eigenvalue weighted by atomic mass is 10.2. The van der Waals surface area contributed by atoms with Gasteiger partial charge in [-0.2, -0.15) is 4.98 Å². The summed E-state index contributed by atoms with van der Waals surface area (Å²) < 4.78 is 5.14. The Hall–Kier alpha value is -1.65. The minimum Gasteiger partial charge on any atom is -0.335 e. The van der Waals surface area contributed by atoms with E-state index in [2.05, 4.69) is 16.7 Å². The van der Waals surface area contributed by atoms with Crippen LogP contribution in [-0.4, -0.2) is 16.7 Å². The first-order valence-corrected chi connectivity index (χ1v) is 5.68. The number of hydrogen-bond donors (Lipinski definition) is 1. The van der Waals surface area contributed by atoms with Crippen LogP contribution in [-0.2, 0) is 6.54 Å². The van der Waals surface area contributed by atoms with Crippen LogP contribution in [0.4, 0.5) is 0 Å². The van der Waals surface area contributed by atoms with Gasteiger partial charge in [-0.1, -0.05) is 23.3 Å². The molecule has 1 heterocycles. The van der Waals surface area contributed by atoms with E-state index in [4.69, 9.17) is 16.1 Å². The highest BCUT2D eigenvalue weighted by atomic mass is 35.5. The number of nitrogens with two attached hydrogens (primary N) is 1. The molecule has 88 valence electrons. The van der Waals surface area contributed by atoms with Gasteiger partial charge < -0.3 is 9.84 Å². The molecule has 2 rings (SSSR count). The van der Waals surface area contributed by atoms with E-state index in [9.17, 15) is 0 Å². The zero-order valence-corrected chi connectivity index (χ0v) is 10.0. The van der Waals surface area contributed by atoms with E-state index in [0.717, 1.165) is 12.1 Å². The van der Waals surface area contributed by atoms with Gasteiger partial charge in [-0.05, 0) is 30.3 Å². The fourth-order valence-electron chi connectivity index (χ4n) is 1.38. The van der Waals surface area contributed by atoms with E-state index >= 15 is 0 Å². The van der Waals surface area contributed by atoms with Crippen LogP contribution in [0.15, 0.2) is 41.4 Å². The Morgan fingerprint density at radius 1 is 1.35 bits per heavy atom. The van der Waals surface area contributed by atoms with Crippen LogP contribution in [0.1, 0.15) is 5.89 Å². The molecule has 0 amide bonds. The molecule has 4 nitrogen and oxygen atoms in total. The molecule has 0 bridgehead atoms. The minimum absolute atomic E-state index is 0.587. The van der Waals surface area contributed by atoms with Crippen molar-refractivity contribution in [2.75, 3.05) is 6.54 Å². The number of hydrogen-bond acceptors (Lipinski definition) is 3. The zero-order valence-electron chi connectivity index (χ0n) is 9.27. The molecule has 2 N–H and O–H groups in total. The Morgan fingerprint density at radius 3 is 2.82 bits per heavy atom. The molecule has 0 aliphatic rings. The molecule has 0 aliphatic carbocycles. The summed E-state index contributed by atoms with van der Waals surface area (Å²) in [6, 6.07) is 7.34. The van der Waals surface area contributed by atoms with Crippen LogP contribution in [0.5, 0.6) is 0 Å². The third-order valence-corrected chi connectivity index (χ3v) is 2.47. The number of halogens is 1. The van der Waals surface area contributed by atoms with E-state index < -0.39 is 0 Å². The second-order valence-corrected chi connectivity index (χ2v) is 3.97. The molecular formula is C12H13ClN3O+. The van der Waals surface area contributed by atoms with Gasteiger partial charge in [-0.15, -0.1) is 0 Å². The van der Waals surface area contributed by atoms with Gasteiger partial charge in [-0.3, -0.25) is 0 Å². The Morgan fingerprint density at radius 2 is 2.12 bits per heavy atom. The SMILES string of the molecule is C=CC[NH2+]Cc1nc(-c2ccc(Cl)cc2)no1. The average Bonchev–Trinajstić information content (AvgIpc) is 2.79. The predicted molar refractivity (Wildman–Crippen MR) is 65.4 cm³/mol. The van der Waals surface area contributed by atoms with Crippen molar-refractivity contribution in [3.63, 3.8) is 0 Å². The van der Waals surface area contributed by atoms with Gasteiger partial charge >= 0.3 is 0 Å². The summed E-state index contributed by atoms with van der Waals surface area (Å²) in [5.74, 6) is 1.19. The highest BCUT2D eigenvalue weighted by Gasteiger charge is 2.08. The van der Waals surface area contributed by atoms with Crippen molar-refractivity contribution in [1.29, 1.82) is 0 Å². The summed E-state index contributed by atoms with van der Waals surface area (Å²) >= 11 is 5.81. The van der Waals surface area contributed by atoms with Crippen molar-refractivity contribution in [3.8, 4) is 11.4 Å². The van der Waals surface area contributed by atoms with Crippen LogP contribution < -0.4 is 5.32 Å². The molecule has 0 spiro atoms. The Labute approximate surface area is 104 Å². The fraction of sp³-hybridized carbons (Fsp3) is 0.167. The zero-order chi connectivity index (χ0) is 12.1. The van der Waals surface area contributed by atoms with Crippen molar-refractivity contribution in [1.82, 2.24) is 10.1 Å². The largest absolute Gasteiger partial charge is 0.335 e. The maximum Gasteiger partial charge on any atom is 0.282 e. The number of aromatic nitrogens is 2. The molecule has 17 heavy (non-hydrogen) atoms. The molecule has 0 atom stereocenters. The summed E-state index contributed by atoms with van der Waals surface area (Å²) in [4.78, 5) is 4.30. The Kier molecular flexibility index (Phi) is 3.90. The van der Waals surface area contributed by atoms with Crippen molar-refractivity contribution >= 4 is 11.6 Å². The van der Waals surface area contributed by atoms with E-state index in [0.29, 0.717) is 23.3 Å². The van der Waals surface area contributed by atoms with E-state index in [-0.39, 0.29) is 0 Å². The second-order valence-electron chi connectivity index (χ2n) is 3.54. The first-order chi connectivity index (χ1) is 8.29. The molecule has 0 radical (unpaired) electrons.